The zero-order valence-electron chi connectivity index (χ0n) is 17.6. The number of nitrogens with one attached hydrogen (secondary N) is 2. The molecule has 1 aromatic heterocycles. The molecule has 0 bridgehead atoms. The molecular formula is C23H22N2O5S. The van der Waals surface area contributed by atoms with Crippen molar-refractivity contribution in [3.63, 3.8) is 0 Å². The fraction of sp³-hybridized carbons (Fsp3) is 0.174. The molecule has 0 saturated carbocycles. The standard InChI is InChI=1S/C23H22N2O5S/c1-13-8-10-15(11-9-13)20(26)25-22-18(23(28)30-4)14(2)19(31-22)21(27)24-16-6-5-7-17(12-16)29-3/h5-12H,1-4H3,(H,24,27)(H,25,26). The second kappa shape index (κ2) is 9.44. The second-order valence-corrected chi connectivity index (χ2v) is 7.78. The van der Waals surface area contributed by atoms with Crippen LogP contribution in [0.5, 0.6) is 5.75 Å². The maximum atomic E-state index is 12.9. The predicted octanol–water partition coefficient (Wildman–Crippen LogP) is 4.66. The summed E-state index contributed by atoms with van der Waals surface area (Å²) in [7, 11) is 2.79. The molecule has 0 atom stereocenters. The third-order valence-corrected chi connectivity index (χ3v) is 5.82. The number of methoxy groups -OCH3 is 2. The molecule has 0 spiro atoms. The first-order valence-electron chi connectivity index (χ1n) is 9.39. The highest BCUT2D eigenvalue weighted by Gasteiger charge is 2.26. The highest BCUT2D eigenvalue weighted by atomic mass is 32.1. The second-order valence-electron chi connectivity index (χ2n) is 6.76. The average molecular weight is 439 g/mol. The Hall–Kier alpha value is -3.65. The molecule has 1 heterocycles. The Morgan fingerprint density at radius 3 is 2.26 bits per heavy atom. The molecule has 0 fully saturated rings. The largest absolute Gasteiger partial charge is 0.497 e. The van der Waals surface area contributed by atoms with Crippen LogP contribution in [-0.4, -0.2) is 32.0 Å². The third kappa shape index (κ3) is 4.92. The fourth-order valence-corrected chi connectivity index (χ4v) is 4.02. The molecule has 8 heteroatoms. The molecule has 0 aliphatic heterocycles. The molecule has 31 heavy (non-hydrogen) atoms. The minimum absolute atomic E-state index is 0.156. The van der Waals surface area contributed by atoms with Gasteiger partial charge in [0.1, 0.15) is 10.8 Å². The van der Waals surface area contributed by atoms with Crippen molar-refractivity contribution in [1.29, 1.82) is 0 Å². The van der Waals surface area contributed by atoms with E-state index in [1.165, 1.54) is 14.2 Å². The van der Waals surface area contributed by atoms with E-state index in [0.29, 0.717) is 27.4 Å². The lowest BCUT2D eigenvalue weighted by molar-refractivity contribution is 0.0601. The molecule has 2 aromatic carbocycles. The van der Waals surface area contributed by atoms with Gasteiger partial charge in [-0.25, -0.2) is 4.79 Å². The van der Waals surface area contributed by atoms with Crippen molar-refractivity contribution in [2.45, 2.75) is 13.8 Å². The van der Waals surface area contributed by atoms with Crippen LogP contribution in [0.4, 0.5) is 10.7 Å². The number of anilines is 2. The van der Waals surface area contributed by atoms with E-state index in [1.54, 1.807) is 43.3 Å². The first kappa shape index (κ1) is 22.0. The molecule has 3 aromatic rings. The van der Waals surface area contributed by atoms with Crippen LogP contribution in [0.1, 0.15) is 41.5 Å². The normalized spacial score (nSPS) is 10.3. The van der Waals surface area contributed by atoms with Crippen molar-refractivity contribution in [2.24, 2.45) is 0 Å². The zero-order chi connectivity index (χ0) is 22.5. The fourth-order valence-electron chi connectivity index (χ4n) is 2.93. The lowest BCUT2D eigenvalue weighted by atomic mass is 10.1. The number of carbonyl (C=O) groups excluding carboxylic acids is 3. The number of rotatable bonds is 6. The first-order valence-corrected chi connectivity index (χ1v) is 10.2. The first-order chi connectivity index (χ1) is 14.8. The number of ether oxygens (including phenoxy) is 2. The van der Waals surface area contributed by atoms with Gasteiger partial charge in [0.2, 0.25) is 0 Å². The van der Waals surface area contributed by atoms with Crippen LogP contribution in [-0.2, 0) is 4.74 Å². The summed E-state index contributed by atoms with van der Waals surface area (Å²) in [6.45, 7) is 3.57. The topological polar surface area (TPSA) is 93.7 Å². The van der Waals surface area contributed by atoms with Gasteiger partial charge in [0, 0.05) is 17.3 Å². The number of benzene rings is 2. The third-order valence-electron chi connectivity index (χ3n) is 4.61. The molecule has 2 amide bonds. The van der Waals surface area contributed by atoms with Gasteiger partial charge >= 0.3 is 5.97 Å². The van der Waals surface area contributed by atoms with Crippen LogP contribution in [0.2, 0.25) is 0 Å². The Bertz CT molecular complexity index is 1140. The van der Waals surface area contributed by atoms with E-state index in [1.807, 2.05) is 19.1 Å². The molecule has 0 aliphatic carbocycles. The highest BCUT2D eigenvalue weighted by Crippen LogP contribution is 2.34. The van der Waals surface area contributed by atoms with E-state index < -0.39 is 11.9 Å². The maximum absolute atomic E-state index is 12.9. The average Bonchev–Trinajstić information content (AvgIpc) is 3.09. The molecule has 0 radical (unpaired) electrons. The van der Waals surface area contributed by atoms with Crippen molar-refractivity contribution in [2.75, 3.05) is 24.9 Å². The van der Waals surface area contributed by atoms with Crippen molar-refractivity contribution < 1.29 is 23.9 Å². The lowest BCUT2D eigenvalue weighted by Crippen LogP contribution is -2.14. The van der Waals surface area contributed by atoms with Gasteiger partial charge in [-0.05, 0) is 43.7 Å². The van der Waals surface area contributed by atoms with Gasteiger partial charge in [-0.3, -0.25) is 9.59 Å². The summed E-state index contributed by atoms with van der Waals surface area (Å²) >= 11 is 1.02. The van der Waals surface area contributed by atoms with E-state index in [0.717, 1.165) is 16.9 Å². The van der Waals surface area contributed by atoms with Crippen LogP contribution >= 0.6 is 11.3 Å². The van der Waals surface area contributed by atoms with Gasteiger partial charge in [0.15, 0.2) is 0 Å². The van der Waals surface area contributed by atoms with Crippen LogP contribution < -0.4 is 15.4 Å². The van der Waals surface area contributed by atoms with E-state index >= 15 is 0 Å². The van der Waals surface area contributed by atoms with Gasteiger partial charge in [0.25, 0.3) is 11.8 Å². The van der Waals surface area contributed by atoms with E-state index in [2.05, 4.69) is 10.6 Å². The van der Waals surface area contributed by atoms with Gasteiger partial charge in [-0.2, -0.15) is 0 Å². The molecule has 160 valence electrons. The summed E-state index contributed by atoms with van der Waals surface area (Å²) < 4.78 is 10.0. The molecule has 7 nitrogen and oxygen atoms in total. The predicted molar refractivity (Wildman–Crippen MR) is 120 cm³/mol. The maximum Gasteiger partial charge on any atom is 0.341 e. The number of hydrogen-bond acceptors (Lipinski definition) is 6. The lowest BCUT2D eigenvalue weighted by Gasteiger charge is -2.07. The molecule has 2 N–H and O–H groups in total. The molecule has 0 unspecified atom stereocenters. The minimum Gasteiger partial charge on any atom is -0.497 e. The van der Waals surface area contributed by atoms with Gasteiger partial charge in [0.05, 0.1) is 24.7 Å². The van der Waals surface area contributed by atoms with Crippen LogP contribution in [0.15, 0.2) is 48.5 Å². The summed E-state index contributed by atoms with van der Waals surface area (Å²) in [5, 5.41) is 5.78. The smallest absolute Gasteiger partial charge is 0.341 e. The number of amides is 2. The Morgan fingerprint density at radius 1 is 0.903 bits per heavy atom. The van der Waals surface area contributed by atoms with Crippen LogP contribution in [0, 0.1) is 13.8 Å². The van der Waals surface area contributed by atoms with Crippen LogP contribution in [0.3, 0.4) is 0 Å². The Kier molecular flexibility index (Phi) is 6.71. The SMILES string of the molecule is COC(=O)c1c(NC(=O)c2ccc(C)cc2)sc(C(=O)Nc2cccc(OC)c2)c1C. The monoisotopic (exact) mass is 438 g/mol. The van der Waals surface area contributed by atoms with E-state index in [4.69, 9.17) is 9.47 Å². The highest BCUT2D eigenvalue weighted by molar-refractivity contribution is 7.19. The van der Waals surface area contributed by atoms with Crippen LogP contribution in [0.25, 0.3) is 0 Å². The molecule has 0 saturated heterocycles. The van der Waals surface area contributed by atoms with Crippen molar-refractivity contribution in [3.05, 3.63) is 75.7 Å². The summed E-state index contributed by atoms with van der Waals surface area (Å²) in [5.74, 6) is -0.821. The summed E-state index contributed by atoms with van der Waals surface area (Å²) in [6.07, 6.45) is 0. The van der Waals surface area contributed by atoms with Crippen molar-refractivity contribution >= 4 is 39.8 Å². The Labute approximate surface area is 184 Å². The van der Waals surface area contributed by atoms with E-state index in [9.17, 15) is 14.4 Å². The number of thiophene rings is 1. The summed E-state index contributed by atoms with van der Waals surface area (Å²) in [4.78, 5) is 38.2. The number of esters is 1. The minimum atomic E-state index is -0.631. The van der Waals surface area contributed by atoms with Gasteiger partial charge < -0.3 is 20.1 Å². The summed E-state index contributed by atoms with van der Waals surface area (Å²) in [5.41, 5.74) is 2.59. The quantitative estimate of drug-likeness (QED) is 0.546. The Morgan fingerprint density at radius 2 is 1.61 bits per heavy atom. The molecular weight excluding hydrogens is 416 g/mol. The van der Waals surface area contributed by atoms with Gasteiger partial charge in [-0.15, -0.1) is 11.3 Å². The van der Waals surface area contributed by atoms with Gasteiger partial charge in [-0.1, -0.05) is 23.8 Å². The molecule has 0 aliphatic rings. The number of hydrogen-bond donors (Lipinski definition) is 2. The number of carbonyl (C=O) groups is 3. The summed E-state index contributed by atoms with van der Waals surface area (Å²) in [6, 6.07) is 14.0. The van der Waals surface area contributed by atoms with Crippen molar-refractivity contribution in [1.82, 2.24) is 0 Å². The zero-order valence-corrected chi connectivity index (χ0v) is 18.4. The molecule has 3 rings (SSSR count). The van der Waals surface area contributed by atoms with E-state index in [-0.39, 0.29) is 16.5 Å². The number of aryl methyl sites for hydroxylation is 1. The Balaban J connectivity index is 1.92. The van der Waals surface area contributed by atoms with Crippen molar-refractivity contribution in [3.8, 4) is 5.75 Å².